The summed E-state index contributed by atoms with van der Waals surface area (Å²) in [7, 11) is 0. The molecule has 1 aromatic heterocycles. The average Bonchev–Trinajstić information content (AvgIpc) is 3.31. The number of nitrogens with one attached hydrogen (secondary N) is 2. The fourth-order valence-electron chi connectivity index (χ4n) is 3.63. The van der Waals surface area contributed by atoms with Gasteiger partial charge in [0.25, 0.3) is 0 Å². The number of aromatic nitrogens is 2. The Morgan fingerprint density at radius 2 is 1.61 bits per heavy atom. The molecule has 0 spiro atoms. The number of rotatable bonds is 7. The molecule has 2 N–H and O–H groups in total. The van der Waals surface area contributed by atoms with Gasteiger partial charge in [-0.3, -0.25) is 4.79 Å². The Balaban J connectivity index is 1.49. The van der Waals surface area contributed by atoms with Crippen LogP contribution in [0, 0.1) is 0 Å². The minimum atomic E-state index is -4.48. The second kappa shape index (κ2) is 11.4. The molecule has 0 aliphatic heterocycles. The third-order valence-electron chi connectivity index (χ3n) is 5.58. The van der Waals surface area contributed by atoms with Crippen LogP contribution in [0.4, 0.5) is 29.5 Å². The van der Waals surface area contributed by atoms with E-state index in [1.807, 2.05) is 30.3 Å². The highest BCUT2D eigenvalue weighted by molar-refractivity contribution is 6.30. The van der Waals surface area contributed by atoms with E-state index in [9.17, 15) is 22.8 Å². The van der Waals surface area contributed by atoms with Crippen molar-refractivity contribution in [2.75, 3.05) is 23.7 Å². The van der Waals surface area contributed by atoms with Gasteiger partial charge in [-0.05, 0) is 55.5 Å². The number of hydrogen-bond acceptors (Lipinski definition) is 3. The molecule has 0 aliphatic rings. The van der Waals surface area contributed by atoms with Gasteiger partial charge >= 0.3 is 12.2 Å². The van der Waals surface area contributed by atoms with Crippen molar-refractivity contribution < 1.29 is 22.8 Å². The second-order valence-electron chi connectivity index (χ2n) is 8.24. The van der Waals surface area contributed by atoms with Crippen molar-refractivity contribution in [3.8, 4) is 16.9 Å². The van der Waals surface area contributed by atoms with Gasteiger partial charge in [0.05, 0.1) is 16.9 Å². The maximum absolute atomic E-state index is 13.0. The molecule has 3 amide bonds. The first-order valence-electron chi connectivity index (χ1n) is 11.6. The molecule has 0 unspecified atom stereocenters. The number of urea groups is 1. The summed E-state index contributed by atoms with van der Waals surface area (Å²) < 4.78 is 39.9. The van der Waals surface area contributed by atoms with Crippen molar-refractivity contribution in [1.82, 2.24) is 14.7 Å². The zero-order valence-electron chi connectivity index (χ0n) is 20.2. The summed E-state index contributed by atoms with van der Waals surface area (Å²) in [6.45, 7) is 1.58. The maximum atomic E-state index is 13.0. The Morgan fingerprint density at radius 3 is 2.21 bits per heavy atom. The third-order valence-corrected chi connectivity index (χ3v) is 5.84. The van der Waals surface area contributed by atoms with Gasteiger partial charge in [0, 0.05) is 28.9 Å². The van der Waals surface area contributed by atoms with Crippen LogP contribution in [-0.4, -0.2) is 39.7 Å². The lowest BCUT2D eigenvalue weighted by atomic mass is 10.1. The molecule has 0 saturated heterocycles. The predicted octanol–water partition coefficient (Wildman–Crippen LogP) is 6.70. The summed E-state index contributed by atoms with van der Waals surface area (Å²) in [5, 5.41) is 10.5. The van der Waals surface area contributed by atoms with E-state index >= 15 is 0 Å². The fraction of sp³-hybridized carbons (Fsp3) is 0.148. The number of anilines is 2. The summed E-state index contributed by atoms with van der Waals surface area (Å²) >= 11 is 6.02. The molecule has 3 aromatic carbocycles. The quantitative estimate of drug-likeness (QED) is 0.273. The highest BCUT2D eigenvalue weighted by atomic mass is 35.5. The van der Waals surface area contributed by atoms with Crippen LogP contribution in [0.1, 0.15) is 12.5 Å². The van der Waals surface area contributed by atoms with Crippen LogP contribution in [0.15, 0.2) is 84.9 Å². The molecule has 1 heterocycles. The predicted molar refractivity (Wildman–Crippen MR) is 140 cm³/mol. The molecule has 4 aromatic rings. The number of carbonyl (C=O) groups is 2. The van der Waals surface area contributed by atoms with Crippen LogP contribution < -0.4 is 10.6 Å². The molecule has 0 radical (unpaired) electrons. The summed E-state index contributed by atoms with van der Waals surface area (Å²) in [6.07, 6.45) is -4.48. The van der Waals surface area contributed by atoms with E-state index in [4.69, 9.17) is 11.6 Å². The number of amides is 3. The van der Waals surface area contributed by atoms with Crippen LogP contribution >= 0.6 is 11.6 Å². The number of alkyl halides is 3. The zero-order valence-corrected chi connectivity index (χ0v) is 20.9. The standard InChI is InChI=1S/C27H23ClF3N5O2/c1-2-35(26(38)32-21-12-8-19(9-13-21)27(29,30)31)17-25(37)33-24-16-23(18-6-4-3-5-7-18)34-36(24)22-14-10-20(28)11-15-22/h3-16H,2,17H2,1H3,(H,32,38)(H,33,37). The van der Waals surface area contributed by atoms with Gasteiger partial charge in [0.15, 0.2) is 0 Å². The van der Waals surface area contributed by atoms with Crippen molar-refractivity contribution in [1.29, 1.82) is 0 Å². The Morgan fingerprint density at radius 1 is 0.947 bits per heavy atom. The molecule has 38 heavy (non-hydrogen) atoms. The smallest absolute Gasteiger partial charge is 0.315 e. The first-order chi connectivity index (χ1) is 18.1. The molecule has 0 saturated carbocycles. The minimum absolute atomic E-state index is 0.176. The van der Waals surface area contributed by atoms with Gasteiger partial charge in [0.1, 0.15) is 12.4 Å². The Kier molecular flexibility index (Phi) is 8.02. The number of benzene rings is 3. The number of carbonyl (C=O) groups excluding carboxylic acids is 2. The van der Waals surface area contributed by atoms with Crippen molar-refractivity contribution in [3.63, 3.8) is 0 Å². The van der Waals surface area contributed by atoms with E-state index in [0.29, 0.717) is 22.2 Å². The van der Waals surface area contributed by atoms with E-state index < -0.39 is 23.7 Å². The molecule has 0 atom stereocenters. The van der Waals surface area contributed by atoms with E-state index in [0.717, 1.165) is 29.8 Å². The minimum Gasteiger partial charge on any atom is -0.315 e. The second-order valence-corrected chi connectivity index (χ2v) is 8.67. The van der Waals surface area contributed by atoms with Gasteiger partial charge in [-0.2, -0.15) is 18.3 Å². The SMILES string of the molecule is CCN(CC(=O)Nc1cc(-c2ccccc2)nn1-c1ccc(Cl)cc1)C(=O)Nc1ccc(C(F)(F)F)cc1. The normalized spacial score (nSPS) is 11.2. The Bertz CT molecular complexity index is 1410. The summed E-state index contributed by atoms with van der Waals surface area (Å²) in [5.74, 6) is -0.0977. The van der Waals surface area contributed by atoms with Crippen LogP contribution in [-0.2, 0) is 11.0 Å². The zero-order chi connectivity index (χ0) is 27.3. The lowest BCUT2D eigenvalue weighted by Crippen LogP contribution is -2.40. The number of halogens is 4. The molecule has 11 heteroatoms. The number of hydrogen-bond donors (Lipinski definition) is 2. The van der Waals surface area contributed by atoms with Gasteiger partial charge < -0.3 is 15.5 Å². The van der Waals surface area contributed by atoms with E-state index in [2.05, 4.69) is 15.7 Å². The first-order valence-corrected chi connectivity index (χ1v) is 12.0. The first kappa shape index (κ1) is 26.7. The molecule has 0 bridgehead atoms. The van der Waals surface area contributed by atoms with Crippen molar-refractivity contribution in [2.45, 2.75) is 13.1 Å². The third kappa shape index (κ3) is 6.51. The molecule has 0 fully saturated rings. The molecule has 4 rings (SSSR count). The summed E-state index contributed by atoms with van der Waals surface area (Å²) in [6, 6.07) is 21.5. The molecular weight excluding hydrogens is 519 g/mol. The molecular formula is C27H23ClF3N5O2. The van der Waals surface area contributed by atoms with Gasteiger partial charge in [-0.1, -0.05) is 41.9 Å². The van der Waals surface area contributed by atoms with Crippen LogP contribution in [0.2, 0.25) is 5.02 Å². The van der Waals surface area contributed by atoms with E-state index in [-0.39, 0.29) is 18.8 Å². The van der Waals surface area contributed by atoms with E-state index in [1.165, 1.54) is 4.90 Å². The monoisotopic (exact) mass is 541 g/mol. The van der Waals surface area contributed by atoms with E-state index in [1.54, 1.807) is 41.9 Å². The lowest BCUT2D eigenvalue weighted by Gasteiger charge is -2.21. The van der Waals surface area contributed by atoms with Gasteiger partial charge in [0.2, 0.25) is 5.91 Å². The molecule has 0 aliphatic carbocycles. The van der Waals surface area contributed by atoms with Gasteiger partial charge in [-0.15, -0.1) is 0 Å². The fourth-order valence-corrected chi connectivity index (χ4v) is 3.75. The summed E-state index contributed by atoms with van der Waals surface area (Å²) in [4.78, 5) is 26.9. The van der Waals surface area contributed by atoms with Crippen molar-refractivity contribution >= 4 is 35.0 Å². The van der Waals surface area contributed by atoms with Crippen LogP contribution in [0.5, 0.6) is 0 Å². The van der Waals surface area contributed by atoms with Crippen LogP contribution in [0.3, 0.4) is 0 Å². The highest BCUT2D eigenvalue weighted by Gasteiger charge is 2.30. The van der Waals surface area contributed by atoms with Crippen molar-refractivity contribution in [2.24, 2.45) is 0 Å². The largest absolute Gasteiger partial charge is 0.416 e. The highest BCUT2D eigenvalue weighted by Crippen LogP contribution is 2.30. The molecule has 7 nitrogen and oxygen atoms in total. The Labute approximate surface area is 221 Å². The van der Waals surface area contributed by atoms with Crippen molar-refractivity contribution in [3.05, 3.63) is 95.5 Å². The number of likely N-dealkylation sites (N-methyl/N-ethyl adjacent to an activating group) is 1. The maximum Gasteiger partial charge on any atom is 0.416 e. The van der Waals surface area contributed by atoms with Crippen LogP contribution in [0.25, 0.3) is 16.9 Å². The average molecular weight is 542 g/mol. The van der Waals surface area contributed by atoms with Gasteiger partial charge in [-0.25, -0.2) is 9.48 Å². The summed E-state index contributed by atoms with van der Waals surface area (Å²) in [5.41, 5.74) is 1.49. The Hall–Kier alpha value is -4.31. The molecule has 196 valence electrons. The lowest BCUT2D eigenvalue weighted by molar-refractivity contribution is -0.137. The number of nitrogens with zero attached hydrogens (tertiary/aromatic N) is 3. The topological polar surface area (TPSA) is 79.3 Å².